The topological polar surface area (TPSA) is 69.0 Å². The van der Waals surface area contributed by atoms with Crippen molar-refractivity contribution in [1.29, 1.82) is 0 Å². The molecule has 4 rings (SSSR count). The standard InChI is InChI=1S/C19H20N4O2/c24-19(18-17-4-2-1-3-15(17)5-8-20-18)22-16-11-21-23(13-16)12-14-6-9-25-10-7-14/h1-5,8,11,13-14H,6-7,9-10,12H2,(H,22,24). The Morgan fingerprint density at radius 1 is 1.24 bits per heavy atom. The number of rotatable bonds is 4. The zero-order valence-electron chi connectivity index (χ0n) is 13.9. The van der Waals surface area contributed by atoms with Gasteiger partial charge in [0.2, 0.25) is 0 Å². The molecule has 1 saturated heterocycles. The first-order valence-corrected chi connectivity index (χ1v) is 8.55. The monoisotopic (exact) mass is 336 g/mol. The van der Waals surface area contributed by atoms with E-state index in [2.05, 4.69) is 15.4 Å². The van der Waals surface area contributed by atoms with E-state index in [-0.39, 0.29) is 5.91 Å². The van der Waals surface area contributed by atoms with Crippen molar-refractivity contribution in [3.8, 4) is 0 Å². The van der Waals surface area contributed by atoms with Gasteiger partial charge in [0.25, 0.3) is 5.91 Å². The van der Waals surface area contributed by atoms with Crippen molar-refractivity contribution in [2.45, 2.75) is 19.4 Å². The molecule has 0 radical (unpaired) electrons. The van der Waals surface area contributed by atoms with Crippen LogP contribution in [0.15, 0.2) is 48.9 Å². The lowest BCUT2D eigenvalue weighted by atomic mass is 10.0. The molecular weight excluding hydrogens is 316 g/mol. The van der Waals surface area contributed by atoms with Crippen molar-refractivity contribution in [2.24, 2.45) is 5.92 Å². The van der Waals surface area contributed by atoms with Crippen LogP contribution in [0.1, 0.15) is 23.3 Å². The fraction of sp³-hybridized carbons (Fsp3) is 0.316. The lowest BCUT2D eigenvalue weighted by Crippen LogP contribution is -2.20. The fourth-order valence-electron chi connectivity index (χ4n) is 3.21. The minimum atomic E-state index is -0.220. The van der Waals surface area contributed by atoms with Gasteiger partial charge in [-0.25, -0.2) is 0 Å². The number of pyridine rings is 1. The van der Waals surface area contributed by atoms with E-state index < -0.39 is 0 Å². The molecule has 0 aliphatic carbocycles. The maximum Gasteiger partial charge on any atom is 0.274 e. The minimum absolute atomic E-state index is 0.220. The van der Waals surface area contributed by atoms with Gasteiger partial charge in [0.15, 0.2) is 0 Å². The van der Waals surface area contributed by atoms with Crippen molar-refractivity contribution >= 4 is 22.4 Å². The zero-order chi connectivity index (χ0) is 17.1. The maximum absolute atomic E-state index is 12.6. The largest absolute Gasteiger partial charge is 0.381 e. The summed E-state index contributed by atoms with van der Waals surface area (Å²) in [6.45, 7) is 2.50. The first kappa shape index (κ1) is 15.8. The Kier molecular flexibility index (Phi) is 4.43. The molecule has 1 aromatic carbocycles. The Bertz CT molecular complexity index is 879. The molecule has 6 heteroatoms. The lowest BCUT2D eigenvalue weighted by Gasteiger charge is -2.21. The molecule has 0 unspecified atom stereocenters. The number of benzene rings is 1. The summed E-state index contributed by atoms with van der Waals surface area (Å²) in [4.78, 5) is 16.9. The van der Waals surface area contributed by atoms with Crippen LogP contribution in [0, 0.1) is 5.92 Å². The van der Waals surface area contributed by atoms with E-state index in [1.54, 1.807) is 12.4 Å². The summed E-state index contributed by atoms with van der Waals surface area (Å²) in [6, 6.07) is 9.64. The van der Waals surface area contributed by atoms with Crippen LogP contribution in [-0.4, -0.2) is 33.9 Å². The van der Waals surface area contributed by atoms with Gasteiger partial charge in [-0.05, 0) is 30.2 Å². The number of hydrogen-bond donors (Lipinski definition) is 1. The van der Waals surface area contributed by atoms with Crippen molar-refractivity contribution in [3.05, 3.63) is 54.6 Å². The predicted molar refractivity (Wildman–Crippen MR) is 95.5 cm³/mol. The Labute approximate surface area is 145 Å². The van der Waals surface area contributed by atoms with E-state index in [4.69, 9.17) is 4.74 Å². The molecule has 3 heterocycles. The average Bonchev–Trinajstić information content (AvgIpc) is 3.09. The van der Waals surface area contributed by atoms with Gasteiger partial charge in [0, 0.05) is 37.5 Å². The molecule has 0 bridgehead atoms. The molecule has 128 valence electrons. The molecular formula is C19H20N4O2. The first-order chi connectivity index (χ1) is 12.3. The van der Waals surface area contributed by atoms with Crippen LogP contribution < -0.4 is 5.32 Å². The van der Waals surface area contributed by atoms with Gasteiger partial charge in [-0.3, -0.25) is 14.5 Å². The number of carbonyl (C=O) groups excluding carboxylic acids is 1. The van der Waals surface area contributed by atoms with E-state index in [9.17, 15) is 4.79 Å². The molecule has 2 aromatic heterocycles. The average molecular weight is 336 g/mol. The summed E-state index contributed by atoms with van der Waals surface area (Å²) in [6.07, 6.45) is 7.33. The van der Waals surface area contributed by atoms with Gasteiger partial charge in [-0.1, -0.05) is 24.3 Å². The third-order valence-electron chi connectivity index (χ3n) is 4.57. The molecule has 3 aromatic rings. The number of aromatic nitrogens is 3. The third-order valence-corrected chi connectivity index (χ3v) is 4.57. The smallest absolute Gasteiger partial charge is 0.274 e. The molecule has 0 atom stereocenters. The second-order valence-corrected chi connectivity index (χ2v) is 6.34. The normalized spacial score (nSPS) is 15.4. The molecule has 1 aliphatic heterocycles. The number of ether oxygens (including phenoxy) is 1. The lowest BCUT2D eigenvalue weighted by molar-refractivity contribution is 0.0601. The quantitative estimate of drug-likeness (QED) is 0.795. The number of nitrogens with zero attached hydrogens (tertiary/aromatic N) is 3. The van der Waals surface area contributed by atoms with Crippen LogP contribution in [0.3, 0.4) is 0 Å². The molecule has 1 fully saturated rings. The summed E-state index contributed by atoms with van der Waals surface area (Å²) in [5.41, 5.74) is 1.11. The number of fused-ring (bicyclic) bond motifs is 1. The highest BCUT2D eigenvalue weighted by molar-refractivity contribution is 6.11. The van der Waals surface area contributed by atoms with Crippen molar-refractivity contribution in [1.82, 2.24) is 14.8 Å². The zero-order valence-corrected chi connectivity index (χ0v) is 13.9. The minimum Gasteiger partial charge on any atom is -0.381 e. The number of hydrogen-bond acceptors (Lipinski definition) is 4. The van der Waals surface area contributed by atoms with E-state index in [1.807, 2.05) is 41.2 Å². The molecule has 0 saturated carbocycles. The molecule has 0 spiro atoms. The predicted octanol–water partition coefficient (Wildman–Crippen LogP) is 3.11. The van der Waals surface area contributed by atoms with Crippen molar-refractivity contribution in [3.63, 3.8) is 0 Å². The third kappa shape index (κ3) is 3.53. The van der Waals surface area contributed by atoms with E-state index in [1.165, 1.54) is 0 Å². The van der Waals surface area contributed by atoms with Gasteiger partial charge in [-0.2, -0.15) is 5.10 Å². The van der Waals surface area contributed by atoms with Crippen LogP contribution in [0.25, 0.3) is 10.8 Å². The summed E-state index contributed by atoms with van der Waals surface area (Å²) in [5.74, 6) is 0.361. The number of nitrogens with one attached hydrogen (secondary N) is 1. The van der Waals surface area contributed by atoms with Crippen LogP contribution in [0.4, 0.5) is 5.69 Å². The SMILES string of the molecule is O=C(Nc1cnn(CC2CCOCC2)c1)c1nccc2ccccc12. The van der Waals surface area contributed by atoms with E-state index >= 15 is 0 Å². The van der Waals surface area contributed by atoms with Crippen LogP contribution in [0.2, 0.25) is 0 Å². The van der Waals surface area contributed by atoms with E-state index in [0.29, 0.717) is 17.3 Å². The van der Waals surface area contributed by atoms with Gasteiger partial charge < -0.3 is 10.1 Å². The van der Waals surface area contributed by atoms with Crippen molar-refractivity contribution in [2.75, 3.05) is 18.5 Å². The maximum atomic E-state index is 12.6. The molecule has 1 amide bonds. The van der Waals surface area contributed by atoms with Crippen molar-refractivity contribution < 1.29 is 9.53 Å². The summed E-state index contributed by atoms with van der Waals surface area (Å²) < 4.78 is 7.28. The van der Waals surface area contributed by atoms with Gasteiger partial charge in [0.1, 0.15) is 5.69 Å². The molecule has 6 nitrogen and oxygen atoms in total. The highest BCUT2D eigenvalue weighted by Gasteiger charge is 2.16. The Balaban J connectivity index is 1.47. The summed E-state index contributed by atoms with van der Waals surface area (Å²) >= 11 is 0. The number of anilines is 1. The van der Waals surface area contributed by atoms with E-state index in [0.717, 1.165) is 43.4 Å². The Morgan fingerprint density at radius 2 is 2.08 bits per heavy atom. The van der Waals surface area contributed by atoms with Gasteiger partial charge in [-0.15, -0.1) is 0 Å². The number of amides is 1. The first-order valence-electron chi connectivity index (χ1n) is 8.55. The molecule has 1 N–H and O–H groups in total. The summed E-state index contributed by atoms with van der Waals surface area (Å²) in [5, 5.41) is 9.10. The van der Waals surface area contributed by atoms with Crippen LogP contribution in [-0.2, 0) is 11.3 Å². The number of carbonyl (C=O) groups is 1. The highest BCUT2D eigenvalue weighted by atomic mass is 16.5. The second kappa shape index (κ2) is 7.03. The Hall–Kier alpha value is -2.73. The molecule has 25 heavy (non-hydrogen) atoms. The van der Waals surface area contributed by atoms with Crippen LogP contribution in [0.5, 0.6) is 0 Å². The highest BCUT2D eigenvalue weighted by Crippen LogP contribution is 2.19. The fourth-order valence-corrected chi connectivity index (χ4v) is 3.21. The van der Waals surface area contributed by atoms with Crippen LogP contribution >= 0.6 is 0 Å². The van der Waals surface area contributed by atoms with Gasteiger partial charge in [0.05, 0.1) is 11.9 Å². The second-order valence-electron chi connectivity index (χ2n) is 6.34. The Morgan fingerprint density at radius 3 is 2.96 bits per heavy atom. The van der Waals surface area contributed by atoms with Gasteiger partial charge >= 0.3 is 0 Å². The molecule has 1 aliphatic rings. The summed E-state index contributed by atoms with van der Waals surface area (Å²) in [7, 11) is 0.